The Labute approximate surface area is 170 Å². The molecule has 0 saturated heterocycles. The summed E-state index contributed by atoms with van der Waals surface area (Å²) in [5.41, 5.74) is 2.81. The lowest BCUT2D eigenvalue weighted by molar-refractivity contribution is -0.192. The van der Waals surface area contributed by atoms with Crippen molar-refractivity contribution in [2.75, 3.05) is 25.4 Å². The summed E-state index contributed by atoms with van der Waals surface area (Å²) in [6, 6.07) is 4.17. The number of carboxylic acids is 1. The normalized spacial score (nSPS) is 16.3. The van der Waals surface area contributed by atoms with Gasteiger partial charge in [-0.1, -0.05) is 17.7 Å². The van der Waals surface area contributed by atoms with E-state index in [-0.39, 0.29) is 11.8 Å². The Bertz CT molecular complexity index is 712. The largest absolute Gasteiger partial charge is 0.490 e. The van der Waals surface area contributed by atoms with Crippen LogP contribution < -0.4 is 10.6 Å². The number of aliphatic carboxylic acids is 1. The van der Waals surface area contributed by atoms with Crippen molar-refractivity contribution in [2.45, 2.75) is 36.8 Å². The third-order valence-electron chi connectivity index (χ3n) is 4.27. The lowest BCUT2D eigenvalue weighted by Crippen LogP contribution is -2.27. The third-order valence-corrected chi connectivity index (χ3v) is 5.86. The average Bonchev–Trinajstić information content (AvgIpc) is 3.46. The summed E-state index contributed by atoms with van der Waals surface area (Å²) in [5, 5.41) is 14.4. The molecule has 28 heavy (non-hydrogen) atoms. The molecule has 2 aliphatic rings. The van der Waals surface area contributed by atoms with E-state index in [1.807, 2.05) is 6.07 Å². The topological polar surface area (TPSA) is 78.4 Å². The first-order chi connectivity index (χ1) is 13.2. The Hall–Kier alpha value is -1.45. The van der Waals surface area contributed by atoms with Crippen LogP contribution in [0.3, 0.4) is 0 Å². The second kappa shape index (κ2) is 10.4. The number of carboxylic acid groups (broad SMARTS) is 1. The van der Waals surface area contributed by atoms with Gasteiger partial charge in [0.1, 0.15) is 0 Å². The second-order valence-corrected chi connectivity index (χ2v) is 7.99. The molecule has 3 N–H and O–H groups in total. The number of fused-ring (bicyclic) bond motifs is 1. The lowest BCUT2D eigenvalue weighted by atomic mass is 10.0. The zero-order valence-electron chi connectivity index (χ0n) is 15.1. The van der Waals surface area contributed by atoms with Gasteiger partial charge in [-0.15, -0.1) is 11.8 Å². The minimum Gasteiger partial charge on any atom is -0.475 e. The van der Waals surface area contributed by atoms with E-state index in [2.05, 4.69) is 16.7 Å². The molecule has 0 bridgehead atoms. The molecule has 1 aromatic rings. The van der Waals surface area contributed by atoms with E-state index in [1.54, 1.807) is 11.8 Å². The fourth-order valence-corrected chi connectivity index (χ4v) is 4.05. The van der Waals surface area contributed by atoms with Crippen LogP contribution in [-0.4, -0.2) is 48.5 Å². The van der Waals surface area contributed by atoms with Gasteiger partial charge in [0.15, 0.2) is 0 Å². The predicted octanol–water partition coefficient (Wildman–Crippen LogP) is 3.28. The average molecular weight is 439 g/mol. The molecule has 5 nitrogen and oxygen atoms in total. The highest BCUT2D eigenvalue weighted by molar-refractivity contribution is 7.99. The first-order valence-corrected chi connectivity index (χ1v) is 10.3. The Morgan fingerprint density at radius 3 is 2.50 bits per heavy atom. The van der Waals surface area contributed by atoms with Gasteiger partial charge in [0, 0.05) is 23.1 Å². The van der Waals surface area contributed by atoms with Crippen LogP contribution >= 0.6 is 23.4 Å². The molecule has 1 amide bonds. The van der Waals surface area contributed by atoms with Crippen molar-refractivity contribution in [2.24, 2.45) is 5.92 Å². The van der Waals surface area contributed by atoms with Gasteiger partial charge in [0.2, 0.25) is 5.91 Å². The van der Waals surface area contributed by atoms with E-state index in [1.165, 1.54) is 16.0 Å². The zero-order chi connectivity index (χ0) is 20.7. The summed E-state index contributed by atoms with van der Waals surface area (Å²) in [4.78, 5) is 21.7. The minimum atomic E-state index is -5.08. The van der Waals surface area contributed by atoms with Crippen molar-refractivity contribution in [1.29, 1.82) is 0 Å². The number of carbonyl (C=O) groups is 2. The molecule has 10 heteroatoms. The number of benzene rings is 1. The maximum atomic E-state index is 11.6. The summed E-state index contributed by atoms with van der Waals surface area (Å²) in [6.45, 7) is 2.77. The Morgan fingerprint density at radius 1 is 1.25 bits per heavy atom. The van der Waals surface area contributed by atoms with Crippen LogP contribution in [0.5, 0.6) is 0 Å². The van der Waals surface area contributed by atoms with Crippen LogP contribution in [0.15, 0.2) is 17.0 Å². The van der Waals surface area contributed by atoms with E-state index in [0.717, 1.165) is 56.1 Å². The van der Waals surface area contributed by atoms with Crippen molar-refractivity contribution in [3.63, 3.8) is 0 Å². The zero-order valence-corrected chi connectivity index (χ0v) is 16.6. The fourth-order valence-electron chi connectivity index (χ4n) is 2.68. The fraction of sp³-hybridized carbons (Fsp3) is 0.556. The maximum absolute atomic E-state index is 11.6. The van der Waals surface area contributed by atoms with E-state index in [4.69, 9.17) is 21.5 Å². The van der Waals surface area contributed by atoms with E-state index >= 15 is 0 Å². The number of hydrogen-bond donors (Lipinski definition) is 3. The molecule has 156 valence electrons. The maximum Gasteiger partial charge on any atom is 0.490 e. The van der Waals surface area contributed by atoms with Crippen molar-refractivity contribution in [1.82, 2.24) is 10.6 Å². The molecule has 1 aliphatic carbocycles. The molecule has 1 aliphatic heterocycles. The van der Waals surface area contributed by atoms with Gasteiger partial charge in [-0.3, -0.25) is 4.79 Å². The number of hydrogen-bond acceptors (Lipinski definition) is 4. The lowest BCUT2D eigenvalue weighted by Gasteiger charge is -2.14. The molecule has 3 rings (SSSR count). The minimum absolute atomic E-state index is 0.220. The molecule has 1 heterocycles. The standard InChI is InChI=1S/C16H21ClN2OS.C2HF3O2/c17-14-4-3-11-5-7-18-8-6-13(11)15(14)21-10-9-19-16(20)12-1-2-12;3-2(4,5)1(6)7/h3-4,12,18H,1-2,5-10H2,(H,19,20);(H,6,7). The summed E-state index contributed by atoms with van der Waals surface area (Å²) in [5.74, 6) is -1.37. The van der Waals surface area contributed by atoms with Gasteiger partial charge in [0.25, 0.3) is 0 Å². The van der Waals surface area contributed by atoms with Gasteiger partial charge in [-0.25, -0.2) is 4.79 Å². The van der Waals surface area contributed by atoms with Gasteiger partial charge in [-0.2, -0.15) is 13.2 Å². The predicted molar refractivity (Wildman–Crippen MR) is 102 cm³/mol. The molecule has 1 fully saturated rings. The van der Waals surface area contributed by atoms with Crippen LogP contribution in [0, 0.1) is 5.92 Å². The smallest absolute Gasteiger partial charge is 0.475 e. The number of rotatable bonds is 5. The number of halogens is 4. The summed E-state index contributed by atoms with van der Waals surface area (Å²) < 4.78 is 31.7. The molecule has 0 spiro atoms. The summed E-state index contributed by atoms with van der Waals surface area (Å²) >= 11 is 8.16. The van der Waals surface area contributed by atoms with Gasteiger partial charge < -0.3 is 15.7 Å². The van der Waals surface area contributed by atoms with Crippen molar-refractivity contribution in [3.8, 4) is 0 Å². The highest BCUT2D eigenvalue weighted by Gasteiger charge is 2.38. The van der Waals surface area contributed by atoms with Crippen molar-refractivity contribution in [3.05, 3.63) is 28.3 Å². The number of nitrogens with one attached hydrogen (secondary N) is 2. The van der Waals surface area contributed by atoms with Crippen LogP contribution in [0.25, 0.3) is 0 Å². The van der Waals surface area contributed by atoms with Gasteiger partial charge in [0.05, 0.1) is 5.02 Å². The number of alkyl halides is 3. The number of thioether (sulfide) groups is 1. The van der Waals surface area contributed by atoms with Crippen molar-refractivity contribution < 1.29 is 27.9 Å². The van der Waals surface area contributed by atoms with E-state index < -0.39 is 12.1 Å². The molecule has 0 atom stereocenters. The summed E-state index contributed by atoms with van der Waals surface area (Å²) in [7, 11) is 0. The number of amides is 1. The highest BCUT2D eigenvalue weighted by Crippen LogP contribution is 2.34. The molecular formula is C18H22ClF3N2O3S. The third kappa shape index (κ3) is 7.18. The molecule has 1 aromatic carbocycles. The Morgan fingerprint density at radius 2 is 1.89 bits per heavy atom. The van der Waals surface area contributed by atoms with E-state index in [9.17, 15) is 18.0 Å². The van der Waals surface area contributed by atoms with Crippen LogP contribution in [0.4, 0.5) is 13.2 Å². The van der Waals surface area contributed by atoms with Crippen molar-refractivity contribution >= 4 is 35.2 Å². The quantitative estimate of drug-likeness (QED) is 0.485. The second-order valence-electron chi connectivity index (χ2n) is 6.48. The Kier molecular flexibility index (Phi) is 8.45. The molecule has 0 radical (unpaired) electrons. The SMILES string of the molecule is O=C(NCCSc1c(Cl)ccc2c1CCNCC2)C1CC1.O=C(O)C(F)(F)F. The van der Waals surface area contributed by atoms with Gasteiger partial charge >= 0.3 is 12.1 Å². The van der Waals surface area contributed by atoms with Crippen LogP contribution in [0.1, 0.15) is 24.0 Å². The Balaban J connectivity index is 0.000000345. The first kappa shape index (κ1) is 22.8. The van der Waals surface area contributed by atoms with Crippen LogP contribution in [-0.2, 0) is 22.4 Å². The van der Waals surface area contributed by atoms with Crippen LogP contribution in [0.2, 0.25) is 5.02 Å². The first-order valence-electron chi connectivity index (χ1n) is 8.91. The summed E-state index contributed by atoms with van der Waals surface area (Å²) in [6.07, 6.45) is -0.862. The van der Waals surface area contributed by atoms with E-state index in [0.29, 0.717) is 0 Å². The molecule has 1 saturated carbocycles. The molecule has 0 unspecified atom stereocenters. The molecule has 0 aromatic heterocycles. The number of carbonyl (C=O) groups excluding carboxylic acids is 1. The monoisotopic (exact) mass is 438 g/mol. The molecular weight excluding hydrogens is 417 g/mol. The highest BCUT2D eigenvalue weighted by atomic mass is 35.5. The van der Waals surface area contributed by atoms with Gasteiger partial charge in [-0.05, 0) is 56.0 Å².